The minimum absolute atomic E-state index is 0.106. The molecule has 1 atom stereocenters. The molecule has 2 fully saturated rings. The van der Waals surface area contributed by atoms with Crippen LogP contribution < -0.4 is 5.32 Å². The summed E-state index contributed by atoms with van der Waals surface area (Å²) in [5.41, 5.74) is 1.99. The van der Waals surface area contributed by atoms with Crippen molar-refractivity contribution in [2.75, 3.05) is 13.2 Å². The fraction of sp³-hybridized carbons (Fsp3) is 0.625. The second-order valence-corrected chi connectivity index (χ2v) is 9.65. The van der Waals surface area contributed by atoms with Crippen molar-refractivity contribution >= 4 is 17.7 Å². The Labute approximate surface area is 174 Å². The molecule has 1 amide bonds. The molecule has 0 spiro atoms. The van der Waals surface area contributed by atoms with Crippen molar-refractivity contribution in [3.05, 3.63) is 42.1 Å². The fourth-order valence-electron chi connectivity index (χ4n) is 3.78. The summed E-state index contributed by atoms with van der Waals surface area (Å²) >= 11 is 1.96. The molecule has 1 aliphatic carbocycles. The second kappa shape index (κ2) is 11.1. The van der Waals surface area contributed by atoms with E-state index in [1.165, 1.54) is 30.6 Å². The van der Waals surface area contributed by atoms with Crippen molar-refractivity contribution in [2.45, 2.75) is 80.8 Å². The molecule has 2 aliphatic rings. The lowest BCUT2D eigenvalue weighted by molar-refractivity contribution is -0.122. The molecule has 1 aromatic rings. The summed E-state index contributed by atoms with van der Waals surface area (Å²) in [4.78, 5) is 14.4. The predicted molar refractivity (Wildman–Crippen MR) is 118 cm³/mol. The van der Waals surface area contributed by atoms with Gasteiger partial charge in [0.15, 0.2) is 0 Å². The molecule has 3 rings (SSSR count). The van der Waals surface area contributed by atoms with E-state index in [2.05, 4.69) is 43.1 Å². The highest BCUT2D eigenvalue weighted by molar-refractivity contribution is 8.00. The van der Waals surface area contributed by atoms with Gasteiger partial charge in [-0.3, -0.25) is 4.79 Å². The van der Waals surface area contributed by atoms with Gasteiger partial charge in [-0.1, -0.05) is 38.5 Å². The SMILES string of the molecule is C=C(CCCCC)NC(=O)C(CC1CCOCC1)c1ccc(SC2CC2)cc1. The molecule has 1 heterocycles. The van der Waals surface area contributed by atoms with Crippen LogP contribution in [-0.2, 0) is 9.53 Å². The Balaban J connectivity index is 1.64. The molecule has 0 aromatic heterocycles. The van der Waals surface area contributed by atoms with Crippen molar-refractivity contribution in [3.8, 4) is 0 Å². The number of thioether (sulfide) groups is 1. The van der Waals surface area contributed by atoms with E-state index in [4.69, 9.17) is 4.74 Å². The van der Waals surface area contributed by atoms with Gasteiger partial charge in [0.2, 0.25) is 5.91 Å². The largest absolute Gasteiger partial charge is 0.381 e. The van der Waals surface area contributed by atoms with Crippen LogP contribution in [0.1, 0.15) is 76.2 Å². The number of hydrogen-bond acceptors (Lipinski definition) is 3. The van der Waals surface area contributed by atoms with Crippen LogP contribution in [0.25, 0.3) is 0 Å². The molecule has 28 heavy (non-hydrogen) atoms. The van der Waals surface area contributed by atoms with Gasteiger partial charge >= 0.3 is 0 Å². The van der Waals surface area contributed by atoms with Crippen LogP contribution >= 0.6 is 11.8 Å². The first-order valence-electron chi connectivity index (χ1n) is 11.0. The minimum Gasteiger partial charge on any atom is -0.381 e. The van der Waals surface area contributed by atoms with E-state index in [1.807, 2.05) is 11.8 Å². The lowest BCUT2D eigenvalue weighted by atomic mass is 9.84. The predicted octanol–water partition coefficient (Wildman–Crippen LogP) is 6.05. The highest BCUT2D eigenvalue weighted by atomic mass is 32.2. The Bertz CT molecular complexity index is 633. The molecule has 1 aliphatic heterocycles. The van der Waals surface area contributed by atoms with Gasteiger partial charge in [0, 0.05) is 29.1 Å². The maximum absolute atomic E-state index is 13.1. The van der Waals surface area contributed by atoms with E-state index >= 15 is 0 Å². The average Bonchev–Trinajstić information content (AvgIpc) is 3.52. The molecule has 1 saturated heterocycles. The van der Waals surface area contributed by atoms with Crippen LogP contribution in [0.15, 0.2) is 41.4 Å². The third kappa shape index (κ3) is 6.97. The van der Waals surface area contributed by atoms with Gasteiger partial charge < -0.3 is 10.1 Å². The smallest absolute Gasteiger partial charge is 0.231 e. The van der Waals surface area contributed by atoms with E-state index in [9.17, 15) is 4.79 Å². The van der Waals surface area contributed by atoms with Gasteiger partial charge in [-0.2, -0.15) is 0 Å². The number of rotatable bonds is 11. The lowest BCUT2D eigenvalue weighted by Gasteiger charge is -2.27. The topological polar surface area (TPSA) is 38.3 Å². The Kier molecular flexibility index (Phi) is 8.47. The summed E-state index contributed by atoms with van der Waals surface area (Å²) in [5.74, 6) is 0.556. The van der Waals surface area contributed by atoms with Gasteiger partial charge in [0.1, 0.15) is 0 Å². The Morgan fingerprint density at radius 2 is 1.89 bits per heavy atom. The first-order valence-corrected chi connectivity index (χ1v) is 11.9. The molecule has 3 nitrogen and oxygen atoms in total. The standard InChI is InChI=1S/C24H35NO2S/c1-3-4-5-6-18(2)25-24(26)23(17-19-13-15-27-16-14-19)20-7-9-21(10-8-20)28-22-11-12-22/h7-10,19,22-23H,2-6,11-17H2,1H3,(H,25,26). The number of allylic oxidation sites excluding steroid dienone is 1. The molecule has 1 aromatic carbocycles. The van der Waals surface area contributed by atoms with Crippen LogP contribution in [0.4, 0.5) is 0 Å². The van der Waals surface area contributed by atoms with Crippen LogP contribution in [0.5, 0.6) is 0 Å². The number of ether oxygens (including phenoxy) is 1. The molecule has 154 valence electrons. The molecule has 4 heteroatoms. The van der Waals surface area contributed by atoms with Gasteiger partial charge in [-0.05, 0) is 68.6 Å². The third-order valence-electron chi connectivity index (χ3n) is 5.72. The molecule has 1 saturated carbocycles. The number of benzene rings is 1. The van der Waals surface area contributed by atoms with E-state index in [0.29, 0.717) is 5.92 Å². The number of unbranched alkanes of at least 4 members (excludes halogenated alkanes) is 2. The second-order valence-electron chi connectivity index (χ2n) is 8.28. The first-order chi connectivity index (χ1) is 13.7. The number of hydrogen-bond donors (Lipinski definition) is 1. The van der Waals surface area contributed by atoms with Gasteiger partial charge in [0.25, 0.3) is 0 Å². The van der Waals surface area contributed by atoms with Crippen molar-refractivity contribution in [3.63, 3.8) is 0 Å². The summed E-state index contributed by atoms with van der Waals surface area (Å²) in [6, 6.07) is 8.71. The number of amides is 1. The normalized spacial score (nSPS) is 18.6. The zero-order valence-corrected chi connectivity index (χ0v) is 18.1. The molecule has 0 radical (unpaired) electrons. The van der Waals surface area contributed by atoms with Crippen molar-refractivity contribution < 1.29 is 9.53 Å². The number of nitrogens with one attached hydrogen (secondary N) is 1. The van der Waals surface area contributed by atoms with Crippen LogP contribution in [0, 0.1) is 5.92 Å². The summed E-state index contributed by atoms with van der Waals surface area (Å²) < 4.78 is 5.51. The Morgan fingerprint density at radius 1 is 1.18 bits per heavy atom. The maximum atomic E-state index is 13.1. The zero-order chi connectivity index (χ0) is 19.8. The van der Waals surface area contributed by atoms with Crippen molar-refractivity contribution in [2.24, 2.45) is 5.92 Å². The summed E-state index contributed by atoms with van der Waals surface area (Å²) in [5, 5.41) is 3.92. The molecule has 1 N–H and O–H groups in total. The quantitative estimate of drug-likeness (QED) is 0.459. The van der Waals surface area contributed by atoms with Crippen LogP contribution in [0.2, 0.25) is 0 Å². The van der Waals surface area contributed by atoms with Gasteiger partial charge in [-0.15, -0.1) is 11.8 Å². The third-order valence-corrected chi connectivity index (χ3v) is 7.07. The summed E-state index contributed by atoms with van der Waals surface area (Å²) in [6.07, 6.45) is 10.00. The maximum Gasteiger partial charge on any atom is 0.231 e. The van der Waals surface area contributed by atoms with Gasteiger partial charge in [-0.25, -0.2) is 0 Å². The van der Waals surface area contributed by atoms with Crippen LogP contribution in [-0.4, -0.2) is 24.4 Å². The number of carbonyl (C=O) groups excluding carboxylic acids is 1. The Hall–Kier alpha value is -1.26. The molecule has 0 bridgehead atoms. The zero-order valence-electron chi connectivity index (χ0n) is 17.3. The lowest BCUT2D eigenvalue weighted by Crippen LogP contribution is -2.31. The molecular weight excluding hydrogens is 366 g/mol. The summed E-state index contributed by atoms with van der Waals surface area (Å²) in [7, 11) is 0. The minimum atomic E-state index is -0.106. The van der Waals surface area contributed by atoms with Crippen LogP contribution in [0.3, 0.4) is 0 Å². The van der Waals surface area contributed by atoms with E-state index in [1.54, 1.807) is 0 Å². The molecule has 1 unspecified atom stereocenters. The molecular formula is C24H35NO2S. The summed E-state index contributed by atoms with van der Waals surface area (Å²) in [6.45, 7) is 7.92. The van der Waals surface area contributed by atoms with E-state index in [0.717, 1.165) is 61.8 Å². The van der Waals surface area contributed by atoms with Crippen molar-refractivity contribution in [1.29, 1.82) is 0 Å². The van der Waals surface area contributed by atoms with E-state index < -0.39 is 0 Å². The van der Waals surface area contributed by atoms with E-state index in [-0.39, 0.29) is 11.8 Å². The average molecular weight is 402 g/mol. The highest BCUT2D eigenvalue weighted by Crippen LogP contribution is 2.39. The monoisotopic (exact) mass is 401 g/mol. The first kappa shape index (κ1) is 21.4. The fourth-order valence-corrected chi connectivity index (χ4v) is 4.83. The number of carbonyl (C=O) groups is 1. The van der Waals surface area contributed by atoms with Crippen molar-refractivity contribution in [1.82, 2.24) is 5.32 Å². The highest BCUT2D eigenvalue weighted by Gasteiger charge is 2.27. The Morgan fingerprint density at radius 3 is 2.54 bits per heavy atom. The van der Waals surface area contributed by atoms with Gasteiger partial charge in [0.05, 0.1) is 5.92 Å².